The van der Waals surface area contributed by atoms with E-state index < -0.39 is 29.4 Å². The highest BCUT2D eigenvalue weighted by molar-refractivity contribution is 5.87. The summed E-state index contributed by atoms with van der Waals surface area (Å²) in [5, 5.41) is 2.36. The fourth-order valence-corrected chi connectivity index (χ4v) is 2.09. The van der Waals surface area contributed by atoms with Crippen molar-refractivity contribution in [3.05, 3.63) is 71.3 Å². The van der Waals surface area contributed by atoms with Gasteiger partial charge >= 0.3 is 0 Å². The van der Waals surface area contributed by atoms with E-state index in [-0.39, 0.29) is 19.4 Å². The number of hydrogen-bond donors (Lipinski definition) is 3. The molecule has 2 aromatic carbocycles. The van der Waals surface area contributed by atoms with Gasteiger partial charge in [0.15, 0.2) is 0 Å². The molecule has 0 saturated carbocycles. The summed E-state index contributed by atoms with van der Waals surface area (Å²) in [5.41, 5.74) is 5.42. The Bertz CT molecular complexity index is 795. The van der Waals surface area contributed by atoms with Crippen molar-refractivity contribution in [1.29, 1.82) is 0 Å². The molecular weight excluding hydrogens is 344 g/mol. The molecule has 0 atom stereocenters. The summed E-state index contributed by atoms with van der Waals surface area (Å²) in [4.78, 5) is 35.0. The van der Waals surface area contributed by atoms with Gasteiger partial charge in [0.05, 0.1) is 19.4 Å². The van der Waals surface area contributed by atoms with E-state index in [0.717, 1.165) is 0 Å². The average Bonchev–Trinajstić information content (AvgIpc) is 2.60. The first-order valence-corrected chi connectivity index (χ1v) is 7.75. The van der Waals surface area contributed by atoms with Gasteiger partial charge in [0, 0.05) is 0 Å². The summed E-state index contributed by atoms with van der Waals surface area (Å²) >= 11 is 0. The van der Waals surface area contributed by atoms with Crippen LogP contribution in [0.4, 0.5) is 8.78 Å². The van der Waals surface area contributed by atoms with E-state index in [1.54, 1.807) is 6.07 Å². The van der Waals surface area contributed by atoms with Gasteiger partial charge in [-0.05, 0) is 35.4 Å². The van der Waals surface area contributed by atoms with Crippen molar-refractivity contribution in [1.82, 2.24) is 16.2 Å². The fraction of sp³-hybridized carbons (Fsp3) is 0.167. The van der Waals surface area contributed by atoms with E-state index in [4.69, 9.17) is 0 Å². The molecule has 0 aliphatic heterocycles. The van der Waals surface area contributed by atoms with Crippen molar-refractivity contribution in [2.24, 2.45) is 0 Å². The molecule has 0 spiro atoms. The van der Waals surface area contributed by atoms with Crippen LogP contribution in [0.1, 0.15) is 11.1 Å². The van der Waals surface area contributed by atoms with Gasteiger partial charge in [-0.25, -0.2) is 8.78 Å². The zero-order valence-electron chi connectivity index (χ0n) is 13.7. The molecule has 2 rings (SSSR count). The molecule has 0 saturated heterocycles. The van der Waals surface area contributed by atoms with Crippen LogP contribution in [0, 0.1) is 11.6 Å². The van der Waals surface area contributed by atoms with E-state index in [1.807, 2.05) is 0 Å². The molecule has 2 aromatic rings. The Hall–Kier alpha value is -3.29. The van der Waals surface area contributed by atoms with E-state index in [0.29, 0.717) is 11.1 Å². The number of nitrogens with one attached hydrogen (secondary N) is 3. The molecule has 3 N–H and O–H groups in total. The molecule has 0 unspecified atom stereocenters. The Morgan fingerprint density at radius 1 is 0.731 bits per heavy atom. The van der Waals surface area contributed by atoms with Gasteiger partial charge in [-0.1, -0.05) is 24.3 Å². The molecule has 3 amide bonds. The molecule has 8 heteroatoms. The van der Waals surface area contributed by atoms with Crippen LogP contribution in [0.3, 0.4) is 0 Å². The second kappa shape index (κ2) is 9.26. The summed E-state index contributed by atoms with van der Waals surface area (Å²) in [7, 11) is 0. The van der Waals surface area contributed by atoms with Crippen molar-refractivity contribution in [3.63, 3.8) is 0 Å². The maximum absolute atomic E-state index is 13.0. The van der Waals surface area contributed by atoms with Crippen LogP contribution >= 0.6 is 0 Å². The summed E-state index contributed by atoms with van der Waals surface area (Å²) in [6.45, 7) is -0.342. The maximum atomic E-state index is 13.0. The molecule has 0 fully saturated rings. The van der Waals surface area contributed by atoms with Crippen molar-refractivity contribution < 1.29 is 23.2 Å². The quantitative estimate of drug-likeness (QED) is 0.671. The normalized spacial score (nSPS) is 10.1. The zero-order valence-corrected chi connectivity index (χ0v) is 13.7. The lowest BCUT2D eigenvalue weighted by Gasteiger charge is -2.09. The molecule has 0 heterocycles. The van der Waals surface area contributed by atoms with Crippen LogP contribution in [-0.4, -0.2) is 24.3 Å². The van der Waals surface area contributed by atoms with Crippen molar-refractivity contribution in [2.75, 3.05) is 6.54 Å². The van der Waals surface area contributed by atoms with Crippen LogP contribution in [0.2, 0.25) is 0 Å². The molecule has 0 bridgehead atoms. The van der Waals surface area contributed by atoms with Gasteiger partial charge in [0.2, 0.25) is 11.8 Å². The summed E-state index contributed by atoms with van der Waals surface area (Å²) in [6, 6.07) is 11.0. The van der Waals surface area contributed by atoms with Gasteiger partial charge in [-0.15, -0.1) is 0 Å². The highest BCUT2D eigenvalue weighted by atomic mass is 19.1. The van der Waals surface area contributed by atoms with Crippen molar-refractivity contribution in [2.45, 2.75) is 12.8 Å². The minimum Gasteiger partial charge on any atom is -0.347 e. The van der Waals surface area contributed by atoms with Crippen molar-refractivity contribution >= 4 is 17.7 Å². The summed E-state index contributed by atoms with van der Waals surface area (Å²) in [6.07, 6.45) is -0.103. The van der Waals surface area contributed by atoms with Gasteiger partial charge in [0.1, 0.15) is 11.6 Å². The monoisotopic (exact) mass is 361 g/mol. The molecule has 26 heavy (non-hydrogen) atoms. The van der Waals surface area contributed by atoms with E-state index in [2.05, 4.69) is 16.2 Å². The molecule has 0 aliphatic carbocycles. The summed E-state index contributed by atoms with van der Waals surface area (Å²) in [5.74, 6) is -2.42. The molecule has 0 radical (unpaired) electrons. The molecule has 0 aromatic heterocycles. The number of rotatable bonds is 6. The van der Waals surface area contributed by atoms with E-state index >= 15 is 0 Å². The average molecular weight is 361 g/mol. The second-order valence-electron chi connectivity index (χ2n) is 5.48. The minimum atomic E-state index is -0.620. The van der Waals surface area contributed by atoms with Gasteiger partial charge in [-0.3, -0.25) is 25.2 Å². The van der Waals surface area contributed by atoms with Gasteiger partial charge in [0.25, 0.3) is 5.91 Å². The molecule has 6 nitrogen and oxygen atoms in total. The Morgan fingerprint density at radius 3 is 2.08 bits per heavy atom. The number of benzene rings is 2. The van der Waals surface area contributed by atoms with Crippen LogP contribution in [0.15, 0.2) is 48.5 Å². The van der Waals surface area contributed by atoms with E-state index in [9.17, 15) is 23.2 Å². The first kappa shape index (κ1) is 19.0. The predicted molar refractivity (Wildman–Crippen MR) is 89.5 cm³/mol. The Balaban J connectivity index is 1.67. The third kappa shape index (κ3) is 6.68. The Labute approximate surface area is 148 Å². The SMILES string of the molecule is O=C(Cc1cccc(F)c1)NCC(=O)NNC(=O)Cc1ccc(F)cc1. The van der Waals surface area contributed by atoms with Crippen LogP contribution in [0.25, 0.3) is 0 Å². The highest BCUT2D eigenvalue weighted by Crippen LogP contribution is 2.04. The predicted octanol–water partition coefficient (Wildman–Crippen LogP) is 1.01. The first-order chi connectivity index (χ1) is 12.4. The third-order valence-electron chi connectivity index (χ3n) is 3.32. The van der Waals surface area contributed by atoms with Gasteiger partial charge in [-0.2, -0.15) is 0 Å². The lowest BCUT2D eigenvalue weighted by Crippen LogP contribution is -2.47. The third-order valence-corrected chi connectivity index (χ3v) is 3.32. The number of halogens is 2. The summed E-state index contributed by atoms with van der Waals surface area (Å²) < 4.78 is 25.8. The highest BCUT2D eigenvalue weighted by Gasteiger charge is 2.09. The lowest BCUT2D eigenvalue weighted by atomic mass is 10.1. The number of carbonyl (C=O) groups excluding carboxylic acids is 3. The lowest BCUT2D eigenvalue weighted by molar-refractivity contribution is -0.129. The zero-order chi connectivity index (χ0) is 18.9. The van der Waals surface area contributed by atoms with Gasteiger partial charge < -0.3 is 5.32 Å². The van der Waals surface area contributed by atoms with Crippen LogP contribution in [0.5, 0.6) is 0 Å². The first-order valence-electron chi connectivity index (χ1n) is 7.75. The number of carbonyl (C=O) groups is 3. The topological polar surface area (TPSA) is 87.3 Å². The number of amides is 3. The van der Waals surface area contributed by atoms with Crippen LogP contribution < -0.4 is 16.2 Å². The minimum absolute atomic E-state index is 0.0352. The Kier molecular flexibility index (Phi) is 6.78. The molecule has 136 valence electrons. The molecular formula is C18H17F2N3O3. The fourth-order valence-electron chi connectivity index (χ4n) is 2.09. The van der Waals surface area contributed by atoms with E-state index in [1.165, 1.54) is 42.5 Å². The number of hydrogen-bond acceptors (Lipinski definition) is 3. The smallest absolute Gasteiger partial charge is 0.257 e. The number of hydrazine groups is 1. The maximum Gasteiger partial charge on any atom is 0.257 e. The Morgan fingerprint density at radius 2 is 1.38 bits per heavy atom. The van der Waals surface area contributed by atoms with Crippen molar-refractivity contribution in [3.8, 4) is 0 Å². The molecule has 0 aliphatic rings. The largest absolute Gasteiger partial charge is 0.347 e. The second-order valence-corrected chi connectivity index (χ2v) is 5.48. The van der Waals surface area contributed by atoms with Crippen LogP contribution in [-0.2, 0) is 27.2 Å². The standard InChI is InChI=1S/C18H17F2N3O3/c19-14-6-4-12(5-7-14)9-17(25)22-23-18(26)11-21-16(24)10-13-2-1-3-15(20)8-13/h1-8H,9-11H2,(H,21,24)(H,22,25)(H,23,26).